The Morgan fingerprint density at radius 1 is 0.929 bits per heavy atom. The quantitative estimate of drug-likeness (QED) is 0.639. The standard InChI is InChI=1S/C24H28N2O2/c1-18-7-9-19(10-8-18)17-26-15-5-14-25-13-4-6-21(25)24(26)20-11-12-22(27-2)23(16-20)28-3/h4,6-13,16,24H,5,14-15,17H2,1-3H3. The normalized spacial score (nSPS) is 17.0. The van der Waals surface area contributed by atoms with E-state index < -0.39 is 0 Å². The smallest absolute Gasteiger partial charge is 0.161 e. The van der Waals surface area contributed by atoms with Crippen LogP contribution in [0.2, 0.25) is 0 Å². The number of ether oxygens (including phenoxy) is 2. The molecule has 146 valence electrons. The molecule has 3 aromatic rings. The third-order valence-electron chi connectivity index (χ3n) is 5.58. The molecule has 0 fully saturated rings. The minimum absolute atomic E-state index is 0.179. The molecule has 28 heavy (non-hydrogen) atoms. The van der Waals surface area contributed by atoms with Crippen LogP contribution in [0.4, 0.5) is 0 Å². The average Bonchev–Trinajstić information content (AvgIpc) is 3.10. The van der Waals surface area contributed by atoms with Crippen LogP contribution in [0.3, 0.4) is 0 Å². The molecule has 1 aromatic heterocycles. The van der Waals surface area contributed by atoms with Crippen molar-refractivity contribution in [3.8, 4) is 11.5 Å². The number of aromatic nitrogens is 1. The lowest BCUT2D eigenvalue weighted by Gasteiger charge is -2.31. The van der Waals surface area contributed by atoms with Gasteiger partial charge in [0, 0.05) is 31.5 Å². The predicted molar refractivity (Wildman–Crippen MR) is 112 cm³/mol. The summed E-state index contributed by atoms with van der Waals surface area (Å²) >= 11 is 0. The molecule has 0 radical (unpaired) electrons. The molecule has 1 unspecified atom stereocenters. The molecule has 0 saturated heterocycles. The van der Waals surface area contributed by atoms with Gasteiger partial charge in [-0.05, 0) is 48.7 Å². The minimum Gasteiger partial charge on any atom is -0.493 e. The Kier molecular flexibility index (Phi) is 5.40. The molecule has 0 saturated carbocycles. The number of rotatable bonds is 5. The van der Waals surface area contributed by atoms with E-state index in [-0.39, 0.29) is 6.04 Å². The van der Waals surface area contributed by atoms with Crippen LogP contribution in [0, 0.1) is 6.92 Å². The van der Waals surface area contributed by atoms with E-state index in [9.17, 15) is 0 Å². The van der Waals surface area contributed by atoms with Crippen molar-refractivity contribution in [2.75, 3.05) is 20.8 Å². The molecule has 0 N–H and O–H groups in total. The Bertz CT molecular complexity index is 930. The molecule has 1 aliphatic heterocycles. The van der Waals surface area contributed by atoms with E-state index in [0.717, 1.165) is 37.6 Å². The van der Waals surface area contributed by atoms with Gasteiger partial charge in [0.15, 0.2) is 11.5 Å². The molecule has 0 bridgehead atoms. The highest BCUT2D eigenvalue weighted by atomic mass is 16.5. The van der Waals surface area contributed by atoms with Gasteiger partial charge in [-0.1, -0.05) is 35.9 Å². The fourth-order valence-corrected chi connectivity index (χ4v) is 4.14. The molecule has 1 atom stereocenters. The Morgan fingerprint density at radius 2 is 1.71 bits per heavy atom. The Labute approximate surface area is 167 Å². The monoisotopic (exact) mass is 376 g/mol. The molecule has 0 amide bonds. The fourth-order valence-electron chi connectivity index (χ4n) is 4.14. The SMILES string of the molecule is COc1ccc(C2c3cccn3CCCN2Cc2ccc(C)cc2)cc1OC. The Morgan fingerprint density at radius 3 is 2.46 bits per heavy atom. The molecular formula is C24H28N2O2. The highest BCUT2D eigenvalue weighted by Gasteiger charge is 2.28. The lowest BCUT2D eigenvalue weighted by atomic mass is 10.00. The van der Waals surface area contributed by atoms with Crippen molar-refractivity contribution in [1.29, 1.82) is 0 Å². The third-order valence-corrected chi connectivity index (χ3v) is 5.58. The summed E-state index contributed by atoms with van der Waals surface area (Å²) in [5.41, 5.74) is 5.20. The van der Waals surface area contributed by atoms with Crippen molar-refractivity contribution in [2.24, 2.45) is 0 Å². The first kappa shape index (κ1) is 18.6. The molecule has 2 aromatic carbocycles. The molecule has 0 aliphatic carbocycles. The summed E-state index contributed by atoms with van der Waals surface area (Å²) in [5, 5.41) is 0. The summed E-state index contributed by atoms with van der Waals surface area (Å²) in [4.78, 5) is 2.57. The maximum atomic E-state index is 5.58. The van der Waals surface area contributed by atoms with Gasteiger partial charge < -0.3 is 14.0 Å². The van der Waals surface area contributed by atoms with Crippen molar-refractivity contribution in [3.05, 3.63) is 83.2 Å². The number of methoxy groups -OCH3 is 2. The predicted octanol–water partition coefficient (Wildman–Crippen LogP) is 4.81. The van der Waals surface area contributed by atoms with Crippen molar-refractivity contribution in [1.82, 2.24) is 9.47 Å². The van der Waals surface area contributed by atoms with E-state index >= 15 is 0 Å². The first-order chi connectivity index (χ1) is 13.7. The molecule has 0 spiro atoms. The number of aryl methyl sites for hydroxylation is 2. The number of nitrogens with zero attached hydrogens (tertiary/aromatic N) is 2. The average molecular weight is 377 g/mol. The lowest BCUT2D eigenvalue weighted by Crippen LogP contribution is -2.29. The van der Waals surface area contributed by atoms with Gasteiger partial charge in [0.25, 0.3) is 0 Å². The van der Waals surface area contributed by atoms with Crippen molar-refractivity contribution < 1.29 is 9.47 Å². The first-order valence-corrected chi connectivity index (χ1v) is 9.86. The van der Waals surface area contributed by atoms with Gasteiger partial charge in [-0.3, -0.25) is 4.90 Å². The van der Waals surface area contributed by atoms with Gasteiger partial charge >= 0.3 is 0 Å². The van der Waals surface area contributed by atoms with Crippen LogP contribution in [0.5, 0.6) is 11.5 Å². The molecule has 1 aliphatic rings. The number of hydrogen-bond acceptors (Lipinski definition) is 3. The van der Waals surface area contributed by atoms with Crippen LogP contribution >= 0.6 is 0 Å². The zero-order chi connectivity index (χ0) is 19.5. The van der Waals surface area contributed by atoms with Gasteiger partial charge in [0.2, 0.25) is 0 Å². The molecular weight excluding hydrogens is 348 g/mol. The van der Waals surface area contributed by atoms with Gasteiger partial charge in [0.1, 0.15) is 0 Å². The highest BCUT2D eigenvalue weighted by molar-refractivity contribution is 5.45. The van der Waals surface area contributed by atoms with E-state index in [4.69, 9.17) is 9.47 Å². The van der Waals surface area contributed by atoms with E-state index in [2.05, 4.69) is 71.1 Å². The number of hydrogen-bond donors (Lipinski definition) is 0. The first-order valence-electron chi connectivity index (χ1n) is 9.86. The third kappa shape index (κ3) is 3.65. The van der Waals surface area contributed by atoms with E-state index in [0.29, 0.717) is 0 Å². The van der Waals surface area contributed by atoms with Gasteiger partial charge in [-0.15, -0.1) is 0 Å². The van der Waals surface area contributed by atoms with Crippen molar-refractivity contribution in [3.63, 3.8) is 0 Å². The molecule has 2 heterocycles. The van der Waals surface area contributed by atoms with E-state index in [1.54, 1.807) is 14.2 Å². The summed E-state index contributed by atoms with van der Waals surface area (Å²) in [7, 11) is 3.37. The highest BCUT2D eigenvalue weighted by Crippen LogP contribution is 2.37. The van der Waals surface area contributed by atoms with Crippen LogP contribution in [0.15, 0.2) is 60.8 Å². The van der Waals surface area contributed by atoms with Crippen LogP contribution in [-0.2, 0) is 13.1 Å². The summed E-state index contributed by atoms with van der Waals surface area (Å²) in [6.07, 6.45) is 3.33. The molecule has 4 rings (SSSR count). The fraction of sp³-hybridized carbons (Fsp3) is 0.333. The Hall–Kier alpha value is -2.72. The van der Waals surface area contributed by atoms with E-state index in [1.165, 1.54) is 22.4 Å². The van der Waals surface area contributed by atoms with Gasteiger partial charge in [-0.2, -0.15) is 0 Å². The molecule has 4 nitrogen and oxygen atoms in total. The number of benzene rings is 2. The van der Waals surface area contributed by atoms with Crippen molar-refractivity contribution >= 4 is 0 Å². The number of fused-ring (bicyclic) bond motifs is 1. The van der Waals surface area contributed by atoms with Crippen LogP contribution < -0.4 is 9.47 Å². The van der Waals surface area contributed by atoms with Crippen molar-refractivity contribution in [2.45, 2.75) is 32.5 Å². The maximum absolute atomic E-state index is 5.58. The second-order valence-corrected chi connectivity index (χ2v) is 7.45. The van der Waals surface area contributed by atoms with Gasteiger partial charge in [-0.25, -0.2) is 0 Å². The van der Waals surface area contributed by atoms with Gasteiger partial charge in [0.05, 0.1) is 20.3 Å². The second kappa shape index (κ2) is 8.11. The zero-order valence-electron chi connectivity index (χ0n) is 16.9. The van der Waals surface area contributed by atoms with Crippen LogP contribution in [-0.4, -0.2) is 30.2 Å². The van der Waals surface area contributed by atoms with Crippen LogP contribution in [0.1, 0.15) is 34.8 Å². The Balaban J connectivity index is 1.75. The zero-order valence-corrected chi connectivity index (χ0v) is 16.9. The maximum Gasteiger partial charge on any atom is 0.161 e. The summed E-state index contributed by atoms with van der Waals surface area (Å²) < 4.78 is 13.4. The summed E-state index contributed by atoms with van der Waals surface area (Å²) in [5.74, 6) is 1.54. The molecule has 4 heteroatoms. The van der Waals surface area contributed by atoms with Crippen LogP contribution in [0.25, 0.3) is 0 Å². The largest absolute Gasteiger partial charge is 0.493 e. The summed E-state index contributed by atoms with van der Waals surface area (Å²) in [6.45, 7) is 5.16. The topological polar surface area (TPSA) is 26.6 Å². The lowest BCUT2D eigenvalue weighted by molar-refractivity contribution is 0.220. The summed E-state index contributed by atoms with van der Waals surface area (Å²) in [6, 6.07) is 19.7. The van der Waals surface area contributed by atoms with E-state index in [1.807, 2.05) is 6.07 Å². The minimum atomic E-state index is 0.179. The second-order valence-electron chi connectivity index (χ2n) is 7.45.